The lowest BCUT2D eigenvalue weighted by Crippen LogP contribution is -2.43. The highest BCUT2D eigenvalue weighted by Crippen LogP contribution is 2.25. The second-order valence-corrected chi connectivity index (χ2v) is 6.17. The quantitative estimate of drug-likeness (QED) is 0.867. The minimum absolute atomic E-state index is 0.0438. The van der Waals surface area contributed by atoms with Crippen LogP contribution in [0.3, 0.4) is 0 Å². The molecular formula is C17H25NO2. The smallest absolute Gasteiger partial charge is 0.223 e. The predicted octanol–water partition coefficient (Wildman–Crippen LogP) is 2.46. The SMILES string of the molecule is CCCC(C)(O)CNC(=O)C1CCc2ccccc2C1. The predicted molar refractivity (Wildman–Crippen MR) is 80.5 cm³/mol. The van der Waals surface area contributed by atoms with E-state index in [1.807, 2.05) is 13.0 Å². The van der Waals surface area contributed by atoms with E-state index < -0.39 is 5.60 Å². The van der Waals surface area contributed by atoms with Crippen molar-refractivity contribution < 1.29 is 9.90 Å². The number of hydrogen-bond acceptors (Lipinski definition) is 2. The summed E-state index contributed by atoms with van der Waals surface area (Å²) in [5, 5.41) is 13.0. The third-order valence-corrected chi connectivity index (χ3v) is 4.15. The number of amides is 1. The zero-order chi connectivity index (χ0) is 14.6. The maximum Gasteiger partial charge on any atom is 0.223 e. The van der Waals surface area contributed by atoms with Crippen molar-refractivity contribution in [3.05, 3.63) is 35.4 Å². The molecule has 0 spiro atoms. The van der Waals surface area contributed by atoms with Crippen molar-refractivity contribution >= 4 is 5.91 Å². The standard InChI is InChI=1S/C17H25NO2/c1-3-10-17(2,20)12-18-16(19)15-9-8-13-6-4-5-7-14(13)11-15/h4-7,15,20H,3,8-12H2,1-2H3,(H,18,19). The molecule has 1 aromatic rings. The molecule has 1 aliphatic carbocycles. The van der Waals surface area contributed by atoms with Crippen LogP contribution in [0.15, 0.2) is 24.3 Å². The van der Waals surface area contributed by atoms with E-state index in [4.69, 9.17) is 0 Å². The molecular weight excluding hydrogens is 250 g/mol. The number of hydrogen-bond donors (Lipinski definition) is 2. The highest BCUT2D eigenvalue weighted by atomic mass is 16.3. The van der Waals surface area contributed by atoms with E-state index in [0.717, 1.165) is 25.7 Å². The van der Waals surface area contributed by atoms with Crippen LogP contribution in [0.4, 0.5) is 0 Å². The molecule has 0 aliphatic heterocycles. The fourth-order valence-corrected chi connectivity index (χ4v) is 2.97. The molecule has 2 N–H and O–H groups in total. The van der Waals surface area contributed by atoms with E-state index in [9.17, 15) is 9.90 Å². The van der Waals surface area contributed by atoms with E-state index in [2.05, 4.69) is 23.5 Å². The summed E-state index contributed by atoms with van der Waals surface area (Å²) in [6.07, 6.45) is 4.32. The molecule has 0 radical (unpaired) electrons. The number of aliphatic hydroxyl groups is 1. The highest BCUT2D eigenvalue weighted by molar-refractivity contribution is 5.79. The lowest BCUT2D eigenvalue weighted by molar-refractivity contribution is -0.126. The van der Waals surface area contributed by atoms with Gasteiger partial charge in [0.25, 0.3) is 0 Å². The zero-order valence-electron chi connectivity index (χ0n) is 12.5. The van der Waals surface area contributed by atoms with Gasteiger partial charge in [0.2, 0.25) is 5.91 Å². The van der Waals surface area contributed by atoms with E-state index >= 15 is 0 Å². The number of nitrogens with one attached hydrogen (secondary N) is 1. The molecule has 110 valence electrons. The highest BCUT2D eigenvalue weighted by Gasteiger charge is 2.26. The average molecular weight is 275 g/mol. The molecule has 20 heavy (non-hydrogen) atoms. The monoisotopic (exact) mass is 275 g/mol. The van der Waals surface area contributed by atoms with Gasteiger partial charge in [0.15, 0.2) is 0 Å². The van der Waals surface area contributed by atoms with Crippen molar-refractivity contribution in [3.63, 3.8) is 0 Å². The molecule has 1 aromatic carbocycles. The van der Waals surface area contributed by atoms with Crippen molar-refractivity contribution in [2.45, 2.75) is 51.6 Å². The fourth-order valence-electron chi connectivity index (χ4n) is 2.97. The van der Waals surface area contributed by atoms with Gasteiger partial charge in [-0.3, -0.25) is 4.79 Å². The molecule has 0 saturated carbocycles. The first-order valence-electron chi connectivity index (χ1n) is 7.59. The number of aryl methyl sites for hydroxylation is 1. The molecule has 3 nitrogen and oxygen atoms in total. The Morgan fingerprint density at radius 2 is 2.10 bits per heavy atom. The number of fused-ring (bicyclic) bond motifs is 1. The third-order valence-electron chi connectivity index (χ3n) is 4.15. The van der Waals surface area contributed by atoms with Gasteiger partial charge in [-0.25, -0.2) is 0 Å². The molecule has 0 fully saturated rings. The lowest BCUT2D eigenvalue weighted by atomic mass is 9.83. The van der Waals surface area contributed by atoms with Gasteiger partial charge in [0.05, 0.1) is 5.60 Å². The Bertz CT molecular complexity index is 468. The fraction of sp³-hybridized carbons (Fsp3) is 0.588. The molecule has 2 unspecified atom stereocenters. The number of carbonyl (C=O) groups is 1. The van der Waals surface area contributed by atoms with Gasteiger partial charge in [-0.15, -0.1) is 0 Å². The molecule has 0 heterocycles. The summed E-state index contributed by atoms with van der Waals surface area (Å²) in [5.74, 6) is 0.123. The summed E-state index contributed by atoms with van der Waals surface area (Å²) in [6.45, 7) is 4.17. The summed E-state index contributed by atoms with van der Waals surface area (Å²) in [4.78, 5) is 12.2. The summed E-state index contributed by atoms with van der Waals surface area (Å²) < 4.78 is 0. The topological polar surface area (TPSA) is 49.3 Å². The Morgan fingerprint density at radius 1 is 1.40 bits per heavy atom. The number of carbonyl (C=O) groups excluding carboxylic acids is 1. The van der Waals surface area contributed by atoms with Gasteiger partial charge in [-0.1, -0.05) is 37.6 Å². The Hall–Kier alpha value is -1.35. The molecule has 2 rings (SSSR count). The zero-order valence-corrected chi connectivity index (χ0v) is 12.5. The van der Waals surface area contributed by atoms with Crippen LogP contribution in [0, 0.1) is 5.92 Å². The van der Waals surface area contributed by atoms with Gasteiger partial charge < -0.3 is 10.4 Å². The third kappa shape index (κ3) is 3.83. The number of benzene rings is 1. The largest absolute Gasteiger partial charge is 0.388 e. The van der Waals surface area contributed by atoms with Crippen molar-refractivity contribution in [1.29, 1.82) is 0 Å². The molecule has 1 amide bonds. The maximum atomic E-state index is 12.2. The minimum Gasteiger partial charge on any atom is -0.388 e. The minimum atomic E-state index is -0.795. The molecule has 0 saturated heterocycles. The van der Waals surface area contributed by atoms with Crippen molar-refractivity contribution in [1.82, 2.24) is 5.32 Å². The van der Waals surface area contributed by atoms with Crippen LogP contribution in [0.5, 0.6) is 0 Å². The Balaban J connectivity index is 1.89. The summed E-state index contributed by atoms with van der Waals surface area (Å²) in [7, 11) is 0. The van der Waals surface area contributed by atoms with Gasteiger partial charge >= 0.3 is 0 Å². The second-order valence-electron chi connectivity index (χ2n) is 6.17. The summed E-state index contributed by atoms with van der Waals surface area (Å²) in [6, 6.07) is 8.35. The van der Waals surface area contributed by atoms with E-state index in [1.54, 1.807) is 6.92 Å². The van der Waals surface area contributed by atoms with Crippen LogP contribution in [-0.2, 0) is 17.6 Å². The van der Waals surface area contributed by atoms with Crippen LogP contribution in [0.1, 0.15) is 44.2 Å². The van der Waals surface area contributed by atoms with Crippen molar-refractivity contribution in [3.8, 4) is 0 Å². The average Bonchev–Trinajstić information content (AvgIpc) is 2.44. The Kier molecular flexibility index (Phi) is 4.81. The normalized spacial score (nSPS) is 20.9. The molecule has 0 bridgehead atoms. The van der Waals surface area contributed by atoms with Gasteiger partial charge in [0, 0.05) is 12.5 Å². The van der Waals surface area contributed by atoms with Crippen molar-refractivity contribution in [2.24, 2.45) is 5.92 Å². The molecule has 0 aromatic heterocycles. The second kappa shape index (κ2) is 6.40. The first-order valence-corrected chi connectivity index (χ1v) is 7.59. The van der Waals surface area contributed by atoms with Crippen LogP contribution in [0.2, 0.25) is 0 Å². The van der Waals surface area contributed by atoms with Crippen LogP contribution in [0.25, 0.3) is 0 Å². The number of rotatable bonds is 5. The van der Waals surface area contributed by atoms with Crippen LogP contribution >= 0.6 is 0 Å². The Labute approximate surface area is 121 Å². The molecule has 2 atom stereocenters. The van der Waals surface area contributed by atoms with Gasteiger partial charge in [-0.05, 0) is 43.7 Å². The first kappa shape index (κ1) is 15.0. The summed E-state index contributed by atoms with van der Waals surface area (Å²) >= 11 is 0. The van der Waals surface area contributed by atoms with E-state index in [1.165, 1.54) is 11.1 Å². The van der Waals surface area contributed by atoms with Gasteiger partial charge in [-0.2, -0.15) is 0 Å². The van der Waals surface area contributed by atoms with Crippen LogP contribution < -0.4 is 5.32 Å². The Morgan fingerprint density at radius 3 is 2.80 bits per heavy atom. The summed E-state index contributed by atoms with van der Waals surface area (Å²) in [5.41, 5.74) is 1.87. The maximum absolute atomic E-state index is 12.2. The van der Waals surface area contributed by atoms with Crippen LogP contribution in [-0.4, -0.2) is 23.2 Å². The van der Waals surface area contributed by atoms with Crippen molar-refractivity contribution in [2.75, 3.05) is 6.54 Å². The van der Waals surface area contributed by atoms with Gasteiger partial charge in [0.1, 0.15) is 0 Å². The molecule has 3 heteroatoms. The van der Waals surface area contributed by atoms with E-state index in [0.29, 0.717) is 13.0 Å². The lowest BCUT2D eigenvalue weighted by Gasteiger charge is -2.27. The van der Waals surface area contributed by atoms with E-state index in [-0.39, 0.29) is 11.8 Å². The molecule has 1 aliphatic rings. The first-order chi connectivity index (χ1) is 9.52.